The number of hydrogen-bond acceptors (Lipinski definition) is 4. The molecule has 0 spiro atoms. The van der Waals surface area contributed by atoms with E-state index in [0.717, 1.165) is 23.1 Å². The lowest BCUT2D eigenvalue weighted by Crippen LogP contribution is -2.28. The fraction of sp³-hybridized carbons (Fsp3) is 0.385. The second-order valence-corrected chi connectivity index (χ2v) is 4.97. The van der Waals surface area contributed by atoms with Crippen molar-refractivity contribution in [3.8, 4) is 5.75 Å². The number of benzene rings is 1. The van der Waals surface area contributed by atoms with Crippen molar-refractivity contribution in [3.05, 3.63) is 29.8 Å². The predicted octanol–water partition coefficient (Wildman–Crippen LogP) is 1.47. The van der Waals surface area contributed by atoms with Crippen molar-refractivity contribution in [3.63, 3.8) is 0 Å². The number of carbonyl (C=O) groups is 2. The maximum atomic E-state index is 11.7. The van der Waals surface area contributed by atoms with Gasteiger partial charge < -0.3 is 14.7 Å². The Kier molecular flexibility index (Phi) is 6.21. The van der Waals surface area contributed by atoms with Crippen LogP contribution in [0.15, 0.2) is 24.3 Å². The number of carboxylic acid groups (broad SMARTS) is 1. The molecular formula is C13H17NO4S. The van der Waals surface area contributed by atoms with Gasteiger partial charge in [0.25, 0.3) is 0 Å². The molecule has 0 atom stereocenters. The van der Waals surface area contributed by atoms with E-state index in [0.29, 0.717) is 6.54 Å². The number of hydrogen-bond donors (Lipinski definition) is 1. The van der Waals surface area contributed by atoms with Crippen LogP contribution in [0.25, 0.3) is 0 Å². The summed E-state index contributed by atoms with van der Waals surface area (Å²) in [6, 6.07) is 7.47. The normalized spacial score (nSPS) is 10.0. The smallest absolute Gasteiger partial charge is 0.313 e. The first-order valence-corrected chi connectivity index (χ1v) is 6.85. The molecule has 1 amide bonds. The molecule has 0 aliphatic heterocycles. The Morgan fingerprint density at radius 1 is 1.26 bits per heavy atom. The molecular weight excluding hydrogens is 266 g/mol. The zero-order valence-corrected chi connectivity index (χ0v) is 11.8. The summed E-state index contributed by atoms with van der Waals surface area (Å²) in [5.74, 6) is -0.0893. The minimum atomic E-state index is -0.907. The Morgan fingerprint density at radius 3 is 2.42 bits per heavy atom. The SMILES string of the molecule is COc1ccc(CN(C)C(=O)CSCC(=O)O)cc1. The van der Waals surface area contributed by atoms with E-state index in [2.05, 4.69) is 0 Å². The Balaban J connectivity index is 2.42. The van der Waals surface area contributed by atoms with Crippen LogP contribution in [0.1, 0.15) is 5.56 Å². The van der Waals surface area contributed by atoms with Crippen molar-refractivity contribution in [2.45, 2.75) is 6.54 Å². The molecule has 0 unspecified atom stereocenters. The number of carbonyl (C=O) groups excluding carboxylic acids is 1. The molecule has 0 radical (unpaired) electrons. The van der Waals surface area contributed by atoms with Crippen LogP contribution in [0, 0.1) is 0 Å². The molecule has 0 heterocycles. The Hall–Kier alpha value is -1.69. The van der Waals surface area contributed by atoms with Gasteiger partial charge in [0.1, 0.15) is 5.75 Å². The summed E-state index contributed by atoms with van der Waals surface area (Å²) < 4.78 is 5.06. The van der Waals surface area contributed by atoms with E-state index in [9.17, 15) is 9.59 Å². The second-order valence-electron chi connectivity index (χ2n) is 3.98. The summed E-state index contributed by atoms with van der Waals surface area (Å²) in [6.45, 7) is 0.496. The number of rotatable bonds is 7. The first-order chi connectivity index (χ1) is 9.02. The molecule has 6 heteroatoms. The van der Waals surface area contributed by atoms with Crippen LogP contribution in [0.3, 0.4) is 0 Å². The zero-order valence-electron chi connectivity index (χ0n) is 11.0. The van der Waals surface area contributed by atoms with Gasteiger partial charge in [-0.05, 0) is 17.7 Å². The van der Waals surface area contributed by atoms with Crippen LogP contribution in [-0.4, -0.2) is 47.5 Å². The van der Waals surface area contributed by atoms with Gasteiger partial charge in [-0.25, -0.2) is 0 Å². The lowest BCUT2D eigenvalue weighted by Gasteiger charge is -2.17. The van der Waals surface area contributed by atoms with E-state index < -0.39 is 5.97 Å². The van der Waals surface area contributed by atoms with Gasteiger partial charge >= 0.3 is 5.97 Å². The summed E-state index contributed by atoms with van der Waals surface area (Å²) in [7, 11) is 3.30. The second kappa shape index (κ2) is 7.68. The maximum absolute atomic E-state index is 11.7. The highest BCUT2D eigenvalue weighted by Crippen LogP contribution is 2.13. The van der Waals surface area contributed by atoms with Crippen LogP contribution in [0.4, 0.5) is 0 Å². The molecule has 1 rings (SSSR count). The van der Waals surface area contributed by atoms with E-state index in [-0.39, 0.29) is 17.4 Å². The van der Waals surface area contributed by atoms with Crippen LogP contribution < -0.4 is 4.74 Å². The average Bonchev–Trinajstić information content (AvgIpc) is 2.39. The van der Waals surface area contributed by atoms with Gasteiger partial charge in [-0.2, -0.15) is 0 Å². The molecule has 0 bridgehead atoms. The maximum Gasteiger partial charge on any atom is 0.313 e. The van der Waals surface area contributed by atoms with Gasteiger partial charge in [0.15, 0.2) is 0 Å². The first-order valence-electron chi connectivity index (χ1n) is 5.69. The minimum absolute atomic E-state index is 0.0535. The van der Waals surface area contributed by atoms with Gasteiger partial charge in [0.05, 0.1) is 18.6 Å². The molecule has 1 aromatic carbocycles. The van der Waals surface area contributed by atoms with Crippen molar-refractivity contribution in [1.29, 1.82) is 0 Å². The lowest BCUT2D eigenvalue weighted by atomic mass is 10.2. The number of methoxy groups -OCH3 is 1. The van der Waals surface area contributed by atoms with Gasteiger partial charge in [-0.15, -0.1) is 11.8 Å². The molecule has 104 valence electrons. The van der Waals surface area contributed by atoms with Crippen LogP contribution in [-0.2, 0) is 16.1 Å². The van der Waals surface area contributed by atoms with Crippen molar-refractivity contribution in [2.24, 2.45) is 0 Å². The van der Waals surface area contributed by atoms with Gasteiger partial charge in [0.2, 0.25) is 5.91 Å². The molecule has 0 aromatic heterocycles. The molecule has 0 saturated carbocycles. The Labute approximate surface area is 116 Å². The van der Waals surface area contributed by atoms with Crippen molar-refractivity contribution < 1.29 is 19.4 Å². The van der Waals surface area contributed by atoms with Gasteiger partial charge in [-0.3, -0.25) is 9.59 Å². The molecule has 0 saturated heterocycles. The number of ether oxygens (including phenoxy) is 1. The van der Waals surface area contributed by atoms with E-state index in [4.69, 9.17) is 9.84 Å². The number of carboxylic acids is 1. The molecule has 5 nitrogen and oxygen atoms in total. The van der Waals surface area contributed by atoms with E-state index in [1.807, 2.05) is 24.3 Å². The van der Waals surface area contributed by atoms with Crippen molar-refractivity contribution >= 4 is 23.6 Å². The fourth-order valence-corrected chi connectivity index (χ4v) is 2.10. The lowest BCUT2D eigenvalue weighted by molar-refractivity contribution is -0.133. The Morgan fingerprint density at radius 2 is 1.89 bits per heavy atom. The first kappa shape index (κ1) is 15.4. The summed E-state index contributed by atoms with van der Waals surface area (Å²) >= 11 is 1.10. The molecule has 0 aliphatic rings. The topological polar surface area (TPSA) is 66.8 Å². The van der Waals surface area contributed by atoms with Crippen molar-refractivity contribution in [1.82, 2.24) is 4.90 Å². The van der Waals surface area contributed by atoms with Crippen molar-refractivity contribution in [2.75, 3.05) is 25.7 Å². The zero-order chi connectivity index (χ0) is 14.3. The monoisotopic (exact) mass is 283 g/mol. The van der Waals surface area contributed by atoms with E-state index >= 15 is 0 Å². The molecule has 0 fully saturated rings. The van der Waals surface area contributed by atoms with E-state index in [1.54, 1.807) is 19.1 Å². The highest BCUT2D eigenvalue weighted by molar-refractivity contribution is 8.00. The number of nitrogens with zero attached hydrogens (tertiary/aromatic N) is 1. The summed E-state index contributed by atoms with van der Waals surface area (Å²) in [4.78, 5) is 23.7. The molecule has 1 aromatic rings. The predicted molar refractivity (Wildman–Crippen MR) is 74.4 cm³/mol. The number of amides is 1. The summed E-state index contributed by atoms with van der Waals surface area (Å²) in [6.07, 6.45) is 0. The molecule has 1 N–H and O–H groups in total. The quantitative estimate of drug-likeness (QED) is 0.821. The fourth-order valence-electron chi connectivity index (χ4n) is 1.43. The minimum Gasteiger partial charge on any atom is -0.497 e. The molecule has 0 aliphatic carbocycles. The van der Waals surface area contributed by atoms with Crippen LogP contribution in [0.5, 0.6) is 5.75 Å². The van der Waals surface area contributed by atoms with Crippen LogP contribution >= 0.6 is 11.8 Å². The van der Waals surface area contributed by atoms with Crippen LogP contribution in [0.2, 0.25) is 0 Å². The summed E-state index contributed by atoms with van der Waals surface area (Å²) in [5, 5.41) is 8.49. The third-order valence-corrected chi connectivity index (χ3v) is 3.36. The highest BCUT2D eigenvalue weighted by atomic mass is 32.2. The number of aliphatic carboxylic acids is 1. The number of thioether (sulfide) groups is 1. The van der Waals surface area contributed by atoms with E-state index in [1.165, 1.54) is 0 Å². The summed E-state index contributed by atoms with van der Waals surface area (Å²) in [5.41, 5.74) is 1.000. The highest BCUT2D eigenvalue weighted by Gasteiger charge is 2.10. The molecule has 19 heavy (non-hydrogen) atoms. The van der Waals surface area contributed by atoms with Gasteiger partial charge in [-0.1, -0.05) is 12.1 Å². The largest absolute Gasteiger partial charge is 0.497 e. The van der Waals surface area contributed by atoms with Gasteiger partial charge in [0, 0.05) is 13.6 Å². The third kappa shape index (κ3) is 5.65. The Bertz CT molecular complexity index is 433. The average molecular weight is 283 g/mol. The third-order valence-electron chi connectivity index (χ3n) is 2.46. The standard InChI is InChI=1S/C13H17NO4S/c1-14(12(15)8-19-9-13(16)17)7-10-3-5-11(18-2)6-4-10/h3-6H,7-9H2,1-2H3,(H,16,17).